The van der Waals surface area contributed by atoms with Gasteiger partial charge < -0.3 is 19.2 Å². The Bertz CT molecular complexity index is 1090. The van der Waals surface area contributed by atoms with E-state index in [0.29, 0.717) is 19.0 Å². The second-order valence-corrected chi connectivity index (χ2v) is 6.37. The van der Waals surface area contributed by atoms with E-state index in [1.54, 1.807) is 7.11 Å². The van der Waals surface area contributed by atoms with Crippen molar-refractivity contribution in [3.63, 3.8) is 0 Å². The highest BCUT2D eigenvalue weighted by Crippen LogP contribution is 2.34. The highest BCUT2D eigenvalue weighted by molar-refractivity contribution is 5.82. The number of methoxy groups -OCH3 is 1. The summed E-state index contributed by atoms with van der Waals surface area (Å²) in [7, 11) is 1.58. The van der Waals surface area contributed by atoms with Crippen LogP contribution < -0.4 is 20.4 Å². The number of alkyl halides is 3. The molecular formula is C21H18F3NO5. The molecule has 30 heavy (non-hydrogen) atoms. The number of carbonyl (C=O) groups excluding carboxylic acids is 1. The van der Waals surface area contributed by atoms with Crippen molar-refractivity contribution in [2.75, 3.05) is 20.3 Å². The highest BCUT2D eigenvalue weighted by Gasteiger charge is 2.33. The lowest BCUT2D eigenvalue weighted by Crippen LogP contribution is -2.30. The van der Waals surface area contributed by atoms with Gasteiger partial charge in [0.15, 0.2) is 6.61 Å². The number of hydrogen-bond acceptors (Lipinski definition) is 5. The minimum Gasteiger partial charge on any atom is -0.497 e. The molecule has 0 aliphatic rings. The van der Waals surface area contributed by atoms with E-state index in [0.717, 1.165) is 23.4 Å². The first-order valence-corrected chi connectivity index (χ1v) is 8.94. The molecule has 1 aromatic heterocycles. The molecule has 0 radical (unpaired) electrons. The molecule has 0 spiro atoms. The summed E-state index contributed by atoms with van der Waals surface area (Å²) in [6, 6.07) is 11.4. The Morgan fingerprint density at radius 2 is 1.77 bits per heavy atom. The van der Waals surface area contributed by atoms with Crippen molar-refractivity contribution in [3.8, 4) is 11.5 Å². The predicted molar refractivity (Wildman–Crippen MR) is 103 cm³/mol. The third-order valence-corrected chi connectivity index (χ3v) is 4.29. The Morgan fingerprint density at radius 1 is 1.07 bits per heavy atom. The Labute approximate surface area is 169 Å². The zero-order valence-corrected chi connectivity index (χ0v) is 15.9. The highest BCUT2D eigenvalue weighted by atomic mass is 19.4. The number of halogens is 3. The summed E-state index contributed by atoms with van der Waals surface area (Å²) in [5.74, 6) is 0.453. The van der Waals surface area contributed by atoms with Crippen molar-refractivity contribution >= 4 is 16.9 Å². The van der Waals surface area contributed by atoms with Gasteiger partial charge in [-0.3, -0.25) is 4.79 Å². The third-order valence-electron chi connectivity index (χ3n) is 4.29. The molecule has 1 heterocycles. The quantitative estimate of drug-likeness (QED) is 0.591. The zero-order chi connectivity index (χ0) is 21.7. The molecule has 3 rings (SSSR count). The van der Waals surface area contributed by atoms with E-state index < -0.39 is 23.3 Å². The summed E-state index contributed by atoms with van der Waals surface area (Å²) < 4.78 is 54.4. The van der Waals surface area contributed by atoms with Crippen LogP contribution in [-0.4, -0.2) is 26.2 Å². The molecule has 9 heteroatoms. The maximum absolute atomic E-state index is 13.1. The number of amides is 1. The average Bonchev–Trinajstić information content (AvgIpc) is 2.71. The van der Waals surface area contributed by atoms with Gasteiger partial charge in [0.25, 0.3) is 5.91 Å². The third kappa shape index (κ3) is 5.31. The molecule has 0 fully saturated rings. The average molecular weight is 421 g/mol. The van der Waals surface area contributed by atoms with Gasteiger partial charge in [-0.05, 0) is 36.2 Å². The van der Waals surface area contributed by atoms with Crippen molar-refractivity contribution in [3.05, 3.63) is 70.1 Å². The first-order chi connectivity index (χ1) is 14.3. The number of fused-ring (bicyclic) bond motifs is 1. The molecular weight excluding hydrogens is 403 g/mol. The number of ether oxygens (including phenoxy) is 2. The van der Waals surface area contributed by atoms with Crippen LogP contribution in [-0.2, 0) is 17.4 Å². The van der Waals surface area contributed by atoms with E-state index >= 15 is 0 Å². The van der Waals surface area contributed by atoms with Gasteiger partial charge >= 0.3 is 11.8 Å². The first kappa shape index (κ1) is 21.2. The monoisotopic (exact) mass is 421 g/mol. The van der Waals surface area contributed by atoms with Crippen molar-refractivity contribution in [1.82, 2.24) is 5.32 Å². The van der Waals surface area contributed by atoms with E-state index in [-0.39, 0.29) is 23.3 Å². The van der Waals surface area contributed by atoms with Crippen LogP contribution in [0.3, 0.4) is 0 Å². The molecule has 6 nitrogen and oxygen atoms in total. The van der Waals surface area contributed by atoms with Gasteiger partial charge in [-0.2, -0.15) is 13.2 Å². The normalized spacial score (nSPS) is 11.3. The molecule has 0 atom stereocenters. The molecule has 0 aliphatic heterocycles. The summed E-state index contributed by atoms with van der Waals surface area (Å²) in [6.07, 6.45) is -4.09. The second-order valence-electron chi connectivity index (χ2n) is 6.37. The van der Waals surface area contributed by atoms with E-state index in [9.17, 15) is 22.8 Å². The Hall–Kier alpha value is -3.49. The van der Waals surface area contributed by atoms with E-state index in [4.69, 9.17) is 13.9 Å². The maximum Gasteiger partial charge on any atom is 0.417 e. The van der Waals surface area contributed by atoms with Gasteiger partial charge in [0.1, 0.15) is 17.1 Å². The SMILES string of the molecule is COc1ccc(CCNC(=O)COc2ccc3c(C(F)(F)F)cc(=O)oc3c2)cc1. The van der Waals surface area contributed by atoms with E-state index in [1.165, 1.54) is 6.07 Å². The predicted octanol–water partition coefficient (Wildman–Crippen LogP) is 3.56. The van der Waals surface area contributed by atoms with Crippen LogP contribution in [0.4, 0.5) is 13.2 Å². The summed E-state index contributed by atoms with van der Waals surface area (Å²) in [6.45, 7) is 0.0490. The van der Waals surface area contributed by atoms with Crippen LogP contribution in [0.15, 0.2) is 57.7 Å². The fourth-order valence-electron chi connectivity index (χ4n) is 2.81. The molecule has 2 aromatic carbocycles. The first-order valence-electron chi connectivity index (χ1n) is 8.94. The molecule has 0 saturated heterocycles. The topological polar surface area (TPSA) is 77.8 Å². The van der Waals surface area contributed by atoms with Crippen LogP contribution in [0, 0.1) is 0 Å². The van der Waals surface area contributed by atoms with Gasteiger partial charge in [-0.1, -0.05) is 12.1 Å². The molecule has 1 N–H and O–H groups in total. The van der Waals surface area contributed by atoms with E-state index in [2.05, 4.69) is 5.32 Å². The minimum absolute atomic E-state index is 0.107. The second kappa shape index (κ2) is 8.89. The molecule has 0 unspecified atom stereocenters. The fourth-order valence-corrected chi connectivity index (χ4v) is 2.81. The van der Waals surface area contributed by atoms with Gasteiger partial charge in [-0.25, -0.2) is 4.79 Å². The van der Waals surface area contributed by atoms with Gasteiger partial charge in [0.2, 0.25) is 0 Å². The molecule has 0 aliphatic carbocycles. The van der Waals surface area contributed by atoms with Crippen molar-refractivity contribution in [2.45, 2.75) is 12.6 Å². The summed E-state index contributed by atoms with van der Waals surface area (Å²) in [4.78, 5) is 23.4. The Balaban J connectivity index is 1.57. The molecule has 0 bridgehead atoms. The number of nitrogens with one attached hydrogen (secondary N) is 1. The Kier molecular flexibility index (Phi) is 6.29. The molecule has 3 aromatic rings. The van der Waals surface area contributed by atoms with Crippen LogP contribution in [0.5, 0.6) is 11.5 Å². The number of benzene rings is 2. The summed E-state index contributed by atoms with van der Waals surface area (Å²) >= 11 is 0. The van der Waals surface area contributed by atoms with Crippen molar-refractivity contribution in [2.24, 2.45) is 0 Å². The lowest BCUT2D eigenvalue weighted by atomic mass is 10.1. The number of rotatable bonds is 7. The summed E-state index contributed by atoms with van der Waals surface area (Å²) in [5, 5.41) is 2.42. The minimum atomic E-state index is -4.69. The van der Waals surface area contributed by atoms with Crippen molar-refractivity contribution in [1.29, 1.82) is 0 Å². The zero-order valence-electron chi connectivity index (χ0n) is 15.9. The van der Waals surface area contributed by atoms with Crippen LogP contribution in [0.1, 0.15) is 11.1 Å². The van der Waals surface area contributed by atoms with Crippen molar-refractivity contribution < 1.29 is 31.9 Å². The fraction of sp³-hybridized carbons (Fsp3) is 0.238. The lowest BCUT2D eigenvalue weighted by molar-refractivity contribution is -0.136. The Morgan fingerprint density at radius 3 is 2.43 bits per heavy atom. The van der Waals surface area contributed by atoms with Crippen LogP contribution in [0.2, 0.25) is 0 Å². The number of hydrogen-bond donors (Lipinski definition) is 1. The van der Waals surface area contributed by atoms with Crippen LogP contribution >= 0.6 is 0 Å². The lowest BCUT2D eigenvalue weighted by Gasteiger charge is -2.11. The molecule has 1 amide bonds. The smallest absolute Gasteiger partial charge is 0.417 e. The molecule has 158 valence electrons. The maximum atomic E-state index is 13.1. The number of carbonyl (C=O) groups is 1. The van der Waals surface area contributed by atoms with Gasteiger partial charge in [0.05, 0.1) is 12.7 Å². The summed E-state index contributed by atoms with van der Waals surface area (Å²) in [5.41, 5.74) is -1.46. The standard InChI is InChI=1S/C21H18F3NO5/c1-28-14-4-2-13(3-5-14)8-9-25-19(26)12-29-15-6-7-16-17(21(22,23)24)11-20(27)30-18(16)10-15/h2-7,10-11H,8-9,12H2,1H3,(H,25,26). The van der Waals surface area contributed by atoms with Crippen LogP contribution in [0.25, 0.3) is 11.0 Å². The van der Waals surface area contributed by atoms with Gasteiger partial charge in [-0.15, -0.1) is 0 Å². The molecule has 0 saturated carbocycles. The van der Waals surface area contributed by atoms with E-state index in [1.807, 2.05) is 24.3 Å². The van der Waals surface area contributed by atoms with Gasteiger partial charge in [0, 0.05) is 24.1 Å². The largest absolute Gasteiger partial charge is 0.497 e.